The van der Waals surface area contributed by atoms with Crippen LogP contribution in [0.3, 0.4) is 0 Å². The van der Waals surface area contributed by atoms with E-state index in [2.05, 4.69) is 29.2 Å². The van der Waals surface area contributed by atoms with E-state index < -0.39 is 11.9 Å². The van der Waals surface area contributed by atoms with Gasteiger partial charge >= 0.3 is 0 Å². The molecule has 2 aromatic rings. The van der Waals surface area contributed by atoms with Gasteiger partial charge in [0.15, 0.2) is 0 Å². The number of hydrogen-bond donors (Lipinski definition) is 0. The highest BCUT2D eigenvalue weighted by molar-refractivity contribution is 6.22. The summed E-state index contributed by atoms with van der Waals surface area (Å²) in [5, 5.41) is 0. The van der Waals surface area contributed by atoms with Crippen LogP contribution in [-0.4, -0.2) is 35.8 Å². The van der Waals surface area contributed by atoms with Gasteiger partial charge in [0.25, 0.3) is 5.91 Å². The zero-order valence-corrected chi connectivity index (χ0v) is 16.1. The molecule has 0 aromatic heterocycles. The van der Waals surface area contributed by atoms with Crippen LogP contribution in [0.5, 0.6) is 0 Å². The Bertz CT molecular complexity index is 875. The minimum Gasteiger partial charge on any atom is -0.292 e. The van der Waals surface area contributed by atoms with Gasteiger partial charge in [-0.1, -0.05) is 36.4 Å². The van der Waals surface area contributed by atoms with E-state index in [0.29, 0.717) is 5.92 Å². The Labute approximate surface area is 164 Å². The second-order valence-electron chi connectivity index (χ2n) is 7.91. The number of carbonyl (C=O) groups is 2. The molecule has 5 heteroatoms. The number of piperidine rings is 1. The Hall–Kier alpha value is -2.53. The highest BCUT2D eigenvalue weighted by Gasteiger charge is 2.44. The maximum Gasteiger partial charge on any atom is 0.251 e. The summed E-state index contributed by atoms with van der Waals surface area (Å²) in [7, 11) is 0. The Morgan fingerprint density at radius 1 is 1.04 bits per heavy atom. The first-order chi connectivity index (χ1) is 13.5. The van der Waals surface area contributed by atoms with E-state index in [-0.39, 0.29) is 23.9 Å². The maximum absolute atomic E-state index is 14.3. The van der Waals surface area contributed by atoms with E-state index in [1.165, 1.54) is 17.7 Å². The molecule has 2 aliphatic heterocycles. The fraction of sp³-hybridized carbons (Fsp3) is 0.391. The van der Waals surface area contributed by atoms with Gasteiger partial charge in [-0.15, -0.1) is 0 Å². The standard InChI is InChI=1S/C23H25FN2O2/c1-16-7-8-20(19(24)13-16)26-22(27)15-21(23(26)28)25-11-9-18(10-12-25)14-17-5-3-2-4-6-17/h2-8,13,18,21H,9-12,14-15H2,1H3. The highest BCUT2D eigenvalue weighted by Crippen LogP contribution is 2.31. The number of hydrogen-bond acceptors (Lipinski definition) is 3. The maximum atomic E-state index is 14.3. The van der Waals surface area contributed by atoms with Gasteiger partial charge in [0, 0.05) is 0 Å². The van der Waals surface area contributed by atoms with Gasteiger partial charge in [0.1, 0.15) is 5.82 Å². The van der Waals surface area contributed by atoms with E-state index in [0.717, 1.165) is 42.8 Å². The molecular formula is C23H25FN2O2. The highest BCUT2D eigenvalue weighted by atomic mass is 19.1. The van der Waals surface area contributed by atoms with E-state index in [1.54, 1.807) is 13.0 Å². The third kappa shape index (κ3) is 3.72. The lowest BCUT2D eigenvalue weighted by Gasteiger charge is -2.34. The first-order valence-corrected chi connectivity index (χ1v) is 9.94. The van der Waals surface area contributed by atoms with Crippen LogP contribution in [0.2, 0.25) is 0 Å². The molecular weight excluding hydrogens is 355 g/mol. The molecule has 0 spiro atoms. The second kappa shape index (κ2) is 7.84. The fourth-order valence-corrected chi connectivity index (χ4v) is 4.36. The predicted molar refractivity (Wildman–Crippen MR) is 106 cm³/mol. The molecule has 2 amide bonds. The average Bonchev–Trinajstić information content (AvgIpc) is 2.98. The van der Waals surface area contributed by atoms with Gasteiger partial charge in [-0.05, 0) is 68.5 Å². The molecule has 2 saturated heterocycles. The number of imide groups is 1. The normalized spacial score (nSPS) is 21.5. The van der Waals surface area contributed by atoms with Crippen LogP contribution in [0.1, 0.15) is 30.4 Å². The lowest BCUT2D eigenvalue weighted by molar-refractivity contribution is -0.123. The number of benzene rings is 2. The molecule has 1 unspecified atom stereocenters. The number of rotatable bonds is 4. The molecule has 2 aromatic carbocycles. The number of carbonyl (C=O) groups excluding carboxylic acids is 2. The van der Waals surface area contributed by atoms with E-state index >= 15 is 0 Å². The van der Waals surface area contributed by atoms with Crippen LogP contribution in [0, 0.1) is 18.7 Å². The van der Waals surface area contributed by atoms with Crippen molar-refractivity contribution in [3.8, 4) is 0 Å². The smallest absolute Gasteiger partial charge is 0.251 e. The number of halogens is 1. The summed E-state index contributed by atoms with van der Waals surface area (Å²) in [4.78, 5) is 28.6. The first-order valence-electron chi connectivity index (χ1n) is 9.94. The Kier molecular flexibility index (Phi) is 5.27. The van der Waals surface area contributed by atoms with Crippen molar-refractivity contribution in [1.29, 1.82) is 0 Å². The molecule has 4 nitrogen and oxygen atoms in total. The van der Waals surface area contributed by atoms with Crippen LogP contribution in [0.25, 0.3) is 0 Å². The first kappa shape index (κ1) is 18.8. The average molecular weight is 380 g/mol. The lowest BCUT2D eigenvalue weighted by atomic mass is 9.89. The topological polar surface area (TPSA) is 40.6 Å². The Balaban J connectivity index is 1.41. The van der Waals surface area contributed by atoms with Crippen LogP contribution < -0.4 is 4.90 Å². The summed E-state index contributed by atoms with van der Waals surface area (Å²) in [6, 6.07) is 14.6. The monoisotopic (exact) mass is 380 g/mol. The van der Waals surface area contributed by atoms with Gasteiger partial charge in [-0.2, -0.15) is 0 Å². The molecule has 0 bridgehead atoms. The van der Waals surface area contributed by atoms with Crippen molar-refractivity contribution >= 4 is 17.5 Å². The quantitative estimate of drug-likeness (QED) is 0.759. The van der Waals surface area contributed by atoms with Crippen LogP contribution in [0.4, 0.5) is 10.1 Å². The number of nitrogens with zero attached hydrogens (tertiary/aromatic N) is 2. The minimum absolute atomic E-state index is 0.0714. The number of anilines is 1. The number of likely N-dealkylation sites (tertiary alicyclic amines) is 1. The second-order valence-corrected chi connectivity index (χ2v) is 7.91. The van der Waals surface area contributed by atoms with Gasteiger partial charge in [0.2, 0.25) is 5.91 Å². The van der Waals surface area contributed by atoms with Crippen molar-refractivity contribution < 1.29 is 14.0 Å². The minimum atomic E-state index is -0.524. The zero-order valence-electron chi connectivity index (χ0n) is 16.1. The zero-order chi connectivity index (χ0) is 19.7. The van der Waals surface area contributed by atoms with E-state index in [4.69, 9.17) is 0 Å². The molecule has 0 radical (unpaired) electrons. The van der Waals surface area contributed by atoms with E-state index in [9.17, 15) is 14.0 Å². The molecule has 2 aliphatic rings. The summed E-state index contributed by atoms with van der Waals surface area (Å²) < 4.78 is 14.3. The van der Waals surface area contributed by atoms with Crippen LogP contribution in [0.15, 0.2) is 48.5 Å². The summed E-state index contributed by atoms with van der Waals surface area (Å²) in [5.74, 6) is -0.543. The fourth-order valence-electron chi connectivity index (χ4n) is 4.36. The van der Waals surface area contributed by atoms with Crippen LogP contribution >= 0.6 is 0 Å². The molecule has 146 valence electrons. The summed E-state index contributed by atoms with van der Waals surface area (Å²) >= 11 is 0. The van der Waals surface area contributed by atoms with E-state index in [1.807, 2.05) is 6.07 Å². The SMILES string of the molecule is Cc1ccc(N2C(=O)CC(N3CCC(Cc4ccccc4)CC3)C2=O)c(F)c1. The summed E-state index contributed by atoms with van der Waals surface area (Å²) in [6.45, 7) is 3.37. The van der Waals surface area contributed by atoms with Crippen molar-refractivity contribution in [2.45, 2.75) is 38.6 Å². The molecule has 0 saturated carbocycles. The molecule has 0 aliphatic carbocycles. The van der Waals surface area contributed by atoms with Crippen molar-refractivity contribution in [1.82, 2.24) is 4.90 Å². The Morgan fingerprint density at radius 2 is 1.75 bits per heavy atom. The van der Waals surface area contributed by atoms with Gasteiger partial charge in [-0.3, -0.25) is 14.5 Å². The van der Waals surface area contributed by atoms with Gasteiger partial charge < -0.3 is 0 Å². The number of aryl methyl sites for hydroxylation is 1. The molecule has 2 fully saturated rings. The van der Waals surface area contributed by atoms with Gasteiger partial charge in [0.05, 0.1) is 18.2 Å². The van der Waals surface area contributed by atoms with Crippen molar-refractivity contribution in [3.63, 3.8) is 0 Å². The summed E-state index contributed by atoms with van der Waals surface area (Å²) in [5.41, 5.74) is 2.17. The third-order valence-electron chi connectivity index (χ3n) is 5.92. The number of amides is 2. The van der Waals surface area contributed by atoms with Gasteiger partial charge in [-0.25, -0.2) is 9.29 Å². The lowest BCUT2D eigenvalue weighted by Crippen LogP contribution is -2.46. The predicted octanol–water partition coefficient (Wildman–Crippen LogP) is 3.72. The van der Waals surface area contributed by atoms with Crippen molar-refractivity contribution in [2.24, 2.45) is 5.92 Å². The summed E-state index contributed by atoms with van der Waals surface area (Å²) in [6.07, 6.45) is 3.19. The molecule has 2 heterocycles. The molecule has 4 rings (SSSR count). The van der Waals surface area contributed by atoms with Crippen LogP contribution in [-0.2, 0) is 16.0 Å². The molecule has 28 heavy (non-hydrogen) atoms. The molecule has 1 atom stereocenters. The largest absolute Gasteiger partial charge is 0.292 e. The molecule has 0 N–H and O–H groups in total. The Morgan fingerprint density at radius 3 is 2.43 bits per heavy atom. The van der Waals surface area contributed by atoms with Crippen molar-refractivity contribution in [2.75, 3.05) is 18.0 Å². The third-order valence-corrected chi connectivity index (χ3v) is 5.92. The van der Waals surface area contributed by atoms with Crippen molar-refractivity contribution in [3.05, 3.63) is 65.5 Å².